The Labute approximate surface area is 155 Å². The van der Waals surface area contributed by atoms with Crippen LogP contribution in [0.2, 0.25) is 0 Å². The van der Waals surface area contributed by atoms with Crippen molar-refractivity contribution < 1.29 is 15.0 Å². The van der Waals surface area contributed by atoms with Gasteiger partial charge in [0.15, 0.2) is 0 Å². The van der Waals surface area contributed by atoms with Crippen LogP contribution in [0.15, 0.2) is 46.1 Å². The van der Waals surface area contributed by atoms with Crippen LogP contribution in [0.3, 0.4) is 0 Å². The third-order valence-corrected chi connectivity index (χ3v) is 4.99. The molecule has 0 spiro atoms. The number of nitrogens with zero attached hydrogens (tertiary/aromatic N) is 1. The first-order valence-corrected chi connectivity index (χ1v) is 8.88. The first kappa shape index (κ1) is 19.1. The number of amides is 1. The van der Waals surface area contributed by atoms with Crippen LogP contribution in [0.5, 0.6) is 0 Å². The minimum Gasteiger partial charge on any atom is -0.388 e. The number of aliphatic hydroxyl groups excluding tert-OH is 2. The van der Waals surface area contributed by atoms with Crippen LogP contribution in [0.25, 0.3) is 0 Å². The van der Waals surface area contributed by atoms with Crippen molar-refractivity contribution in [2.45, 2.75) is 50.5 Å². The van der Waals surface area contributed by atoms with Gasteiger partial charge in [0, 0.05) is 11.8 Å². The Morgan fingerprint density at radius 1 is 1.19 bits per heavy atom. The minimum absolute atomic E-state index is 0.183. The molecule has 4 atom stereocenters. The number of aryl methyl sites for hydroxylation is 1. The first-order chi connectivity index (χ1) is 12.9. The summed E-state index contributed by atoms with van der Waals surface area (Å²) in [5.41, 5.74) is 0.0881. The molecule has 2 aromatic rings. The summed E-state index contributed by atoms with van der Waals surface area (Å²) in [6.45, 7) is 1.56. The highest BCUT2D eigenvalue weighted by atomic mass is 16.3. The quantitative estimate of drug-likeness (QED) is 0.582. The second kappa shape index (κ2) is 7.89. The Morgan fingerprint density at radius 3 is 2.59 bits per heavy atom. The van der Waals surface area contributed by atoms with Gasteiger partial charge in [-0.25, -0.2) is 4.79 Å². The van der Waals surface area contributed by atoms with Gasteiger partial charge in [-0.3, -0.25) is 19.1 Å². The molecular formula is C19H23N3O5. The Kier molecular flexibility index (Phi) is 5.57. The topological polar surface area (TPSA) is 124 Å². The monoisotopic (exact) mass is 373 g/mol. The van der Waals surface area contributed by atoms with E-state index in [4.69, 9.17) is 0 Å². The molecule has 1 fully saturated rings. The van der Waals surface area contributed by atoms with Crippen LogP contribution >= 0.6 is 0 Å². The third kappa shape index (κ3) is 4.17. The van der Waals surface area contributed by atoms with E-state index in [1.165, 1.54) is 10.8 Å². The minimum atomic E-state index is -1.25. The van der Waals surface area contributed by atoms with Gasteiger partial charge in [-0.2, -0.15) is 0 Å². The summed E-state index contributed by atoms with van der Waals surface area (Å²) in [6.07, 6.45) is -0.127. The van der Waals surface area contributed by atoms with Gasteiger partial charge in [-0.05, 0) is 25.3 Å². The molecule has 27 heavy (non-hydrogen) atoms. The number of nitrogens with one attached hydrogen (secondary N) is 2. The lowest BCUT2D eigenvalue weighted by Crippen LogP contribution is -2.55. The van der Waals surface area contributed by atoms with E-state index in [0.29, 0.717) is 18.4 Å². The van der Waals surface area contributed by atoms with Gasteiger partial charge in [-0.15, -0.1) is 0 Å². The number of aromatic amines is 1. The fourth-order valence-corrected chi connectivity index (χ4v) is 3.49. The molecule has 1 aromatic heterocycles. The second-order valence-corrected chi connectivity index (χ2v) is 6.94. The Morgan fingerprint density at radius 2 is 1.89 bits per heavy atom. The summed E-state index contributed by atoms with van der Waals surface area (Å²) < 4.78 is 1.24. The molecule has 1 heterocycles. The third-order valence-electron chi connectivity index (χ3n) is 4.99. The van der Waals surface area contributed by atoms with E-state index in [0.717, 1.165) is 5.56 Å². The van der Waals surface area contributed by atoms with Crippen LogP contribution < -0.4 is 16.6 Å². The number of hydrogen-bond donors (Lipinski definition) is 4. The van der Waals surface area contributed by atoms with Gasteiger partial charge in [0.05, 0.1) is 18.5 Å². The molecule has 1 amide bonds. The summed E-state index contributed by atoms with van der Waals surface area (Å²) in [5.74, 6) is -0.243. The smallest absolute Gasteiger partial charge is 0.328 e. The van der Waals surface area contributed by atoms with Gasteiger partial charge < -0.3 is 15.5 Å². The van der Waals surface area contributed by atoms with Gasteiger partial charge in [-0.1, -0.05) is 30.3 Å². The van der Waals surface area contributed by atoms with Crippen molar-refractivity contribution in [1.82, 2.24) is 14.9 Å². The highest BCUT2D eigenvalue weighted by Gasteiger charge is 2.39. The molecule has 0 bridgehead atoms. The molecular weight excluding hydrogens is 350 g/mol. The fraction of sp³-hybridized carbons (Fsp3) is 0.421. The molecule has 8 heteroatoms. The molecule has 3 rings (SSSR count). The van der Waals surface area contributed by atoms with Gasteiger partial charge in [0.2, 0.25) is 5.91 Å². The first-order valence-electron chi connectivity index (χ1n) is 8.88. The standard InChI is InChI=1S/C19H23N3O5/c1-11-10-22(19(27)21-18(11)26)14-8-7-13(16(24)17(14)25)20-15(23)9-12-5-3-2-4-6-12/h2-6,10,13-14,16-17,24-25H,7-9H2,1H3,(H,20,23)(H,21,26,27)/t13-,14-,16-,17-/m1/s1. The predicted octanol–water partition coefficient (Wildman–Crippen LogP) is -0.371. The van der Waals surface area contributed by atoms with Crippen LogP contribution in [0.1, 0.15) is 30.0 Å². The van der Waals surface area contributed by atoms with Crippen molar-refractivity contribution in [3.8, 4) is 0 Å². The normalized spacial score (nSPS) is 25.1. The summed E-state index contributed by atoms with van der Waals surface area (Å²) in [7, 11) is 0. The molecule has 0 unspecified atom stereocenters. The maximum atomic E-state index is 12.2. The molecule has 8 nitrogen and oxygen atoms in total. The number of rotatable bonds is 4. The van der Waals surface area contributed by atoms with E-state index >= 15 is 0 Å². The Bertz CT molecular complexity index is 921. The average molecular weight is 373 g/mol. The second-order valence-electron chi connectivity index (χ2n) is 6.94. The molecule has 0 saturated heterocycles. The highest BCUT2D eigenvalue weighted by molar-refractivity contribution is 5.78. The number of hydrogen-bond acceptors (Lipinski definition) is 5. The van der Waals surface area contributed by atoms with Crippen molar-refractivity contribution in [3.05, 3.63) is 68.5 Å². The molecule has 0 aliphatic heterocycles. The van der Waals surface area contributed by atoms with Crippen LogP contribution in [-0.2, 0) is 11.2 Å². The van der Waals surface area contributed by atoms with Crippen molar-refractivity contribution >= 4 is 5.91 Å². The highest BCUT2D eigenvalue weighted by Crippen LogP contribution is 2.28. The lowest BCUT2D eigenvalue weighted by Gasteiger charge is -2.38. The van der Waals surface area contributed by atoms with E-state index in [1.807, 2.05) is 30.3 Å². The summed E-state index contributed by atoms with van der Waals surface area (Å²) >= 11 is 0. The molecule has 4 N–H and O–H groups in total. The lowest BCUT2D eigenvalue weighted by molar-refractivity contribution is -0.124. The van der Waals surface area contributed by atoms with Crippen LogP contribution in [0, 0.1) is 6.92 Å². The zero-order valence-corrected chi connectivity index (χ0v) is 15.0. The largest absolute Gasteiger partial charge is 0.388 e. The molecule has 1 aromatic carbocycles. The van der Waals surface area contributed by atoms with Gasteiger partial charge in [0.25, 0.3) is 5.56 Å². The molecule has 0 radical (unpaired) electrons. The van der Waals surface area contributed by atoms with Crippen molar-refractivity contribution in [1.29, 1.82) is 0 Å². The van der Waals surface area contributed by atoms with E-state index < -0.39 is 35.5 Å². The lowest BCUT2D eigenvalue weighted by atomic mass is 9.85. The predicted molar refractivity (Wildman–Crippen MR) is 98.4 cm³/mol. The Balaban J connectivity index is 1.68. The SMILES string of the molecule is Cc1cn([C@@H]2CC[C@@H](NC(=O)Cc3ccccc3)[C@@H](O)[C@@H]2O)c(=O)[nH]c1=O. The molecule has 1 aliphatic carbocycles. The summed E-state index contributed by atoms with van der Waals surface area (Å²) in [6, 6.07) is 7.95. The van der Waals surface area contributed by atoms with Gasteiger partial charge >= 0.3 is 5.69 Å². The number of aromatic nitrogens is 2. The van der Waals surface area contributed by atoms with E-state index in [-0.39, 0.29) is 12.3 Å². The number of carbonyl (C=O) groups excluding carboxylic acids is 1. The maximum absolute atomic E-state index is 12.2. The van der Waals surface area contributed by atoms with Crippen LogP contribution in [0.4, 0.5) is 0 Å². The number of benzene rings is 1. The molecule has 1 saturated carbocycles. The fourth-order valence-electron chi connectivity index (χ4n) is 3.49. The van der Waals surface area contributed by atoms with Crippen LogP contribution in [-0.4, -0.2) is 43.9 Å². The number of H-pyrrole nitrogens is 1. The van der Waals surface area contributed by atoms with E-state index in [1.54, 1.807) is 6.92 Å². The van der Waals surface area contributed by atoms with E-state index in [9.17, 15) is 24.6 Å². The number of aliphatic hydroxyl groups is 2. The number of carbonyl (C=O) groups is 1. The molecule has 1 aliphatic rings. The van der Waals surface area contributed by atoms with Crippen molar-refractivity contribution in [2.75, 3.05) is 0 Å². The average Bonchev–Trinajstić information content (AvgIpc) is 2.63. The Hall–Kier alpha value is -2.71. The van der Waals surface area contributed by atoms with Gasteiger partial charge in [0.1, 0.15) is 12.2 Å². The summed E-state index contributed by atoms with van der Waals surface area (Å²) in [5, 5.41) is 23.7. The van der Waals surface area contributed by atoms with Crippen molar-refractivity contribution in [3.63, 3.8) is 0 Å². The zero-order chi connectivity index (χ0) is 19.6. The summed E-state index contributed by atoms with van der Waals surface area (Å²) in [4.78, 5) is 38.0. The maximum Gasteiger partial charge on any atom is 0.328 e. The zero-order valence-electron chi connectivity index (χ0n) is 15.0. The molecule has 144 valence electrons. The van der Waals surface area contributed by atoms with E-state index in [2.05, 4.69) is 10.3 Å². The van der Waals surface area contributed by atoms with Crippen molar-refractivity contribution in [2.24, 2.45) is 0 Å².